The number of methoxy groups -OCH3 is 2. The third kappa shape index (κ3) is 5.47. The Kier molecular flexibility index (Phi) is 6.74. The van der Waals surface area contributed by atoms with Crippen LogP contribution in [0.3, 0.4) is 0 Å². The van der Waals surface area contributed by atoms with Crippen molar-refractivity contribution in [3.63, 3.8) is 0 Å². The summed E-state index contributed by atoms with van der Waals surface area (Å²) in [5.41, 5.74) is 0.427. The molecule has 0 bridgehead atoms. The van der Waals surface area contributed by atoms with Crippen molar-refractivity contribution in [3.8, 4) is 0 Å². The molecule has 0 heterocycles. The molecule has 1 aromatic carbocycles. The lowest BCUT2D eigenvalue weighted by molar-refractivity contribution is -0.144. The Hall–Kier alpha value is -2.02. The molecule has 1 amide bonds. The normalized spacial score (nSPS) is 11.4. The first-order chi connectivity index (χ1) is 9.97. The van der Waals surface area contributed by atoms with Crippen molar-refractivity contribution >= 4 is 29.6 Å². The van der Waals surface area contributed by atoms with Gasteiger partial charge in [-0.25, -0.2) is 9.59 Å². The minimum absolute atomic E-state index is 0.302. The van der Waals surface area contributed by atoms with Gasteiger partial charge in [0.1, 0.15) is 6.04 Å². The standard InChI is InChI=1S/C14H17NO5S/c1-9(16)15-12(14(18)20-3)8-21-11-6-4-5-10(7-11)13(17)19-2/h4-7,12H,8H2,1-3H3,(H,15,16)/t12-/m0/s1. The number of hydrogen-bond donors (Lipinski definition) is 1. The zero-order chi connectivity index (χ0) is 15.8. The summed E-state index contributed by atoms with van der Waals surface area (Å²) in [6.07, 6.45) is 0. The molecular formula is C14H17NO5S. The van der Waals surface area contributed by atoms with Gasteiger partial charge >= 0.3 is 11.9 Å². The summed E-state index contributed by atoms with van der Waals surface area (Å²) in [7, 11) is 2.58. The van der Waals surface area contributed by atoms with E-state index in [4.69, 9.17) is 0 Å². The number of hydrogen-bond acceptors (Lipinski definition) is 6. The van der Waals surface area contributed by atoms with Gasteiger partial charge in [0.25, 0.3) is 0 Å². The second-order valence-corrected chi connectivity index (χ2v) is 5.20. The van der Waals surface area contributed by atoms with Crippen molar-refractivity contribution in [2.45, 2.75) is 17.9 Å². The van der Waals surface area contributed by atoms with E-state index in [1.807, 2.05) is 0 Å². The molecule has 0 aromatic heterocycles. The number of thioether (sulfide) groups is 1. The highest BCUT2D eigenvalue weighted by molar-refractivity contribution is 7.99. The topological polar surface area (TPSA) is 81.7 Å². The number of rotatable bonds is 6. The van der Waals surface area contributed by atoms with E-state index in [1.165, 1.54) is 32.9 Å². The van der Waals surface area contributed by atoms with Crippen LogP contribution in [-0.2, 0) is 19.1 Å². The third-order valence-corrected chi connectivity index (χ3v) is 3.62. The monoisotopic (exact) mass is 311 g/mol. The average molecular weight is 311 g/mol. The predicted octanol–water partition coefficient (Wildman–Crippen LogP) is 1.24. The van der Waals surface area contributed by atoms with E-state index in [-0.39, 0.29) is 5.91 Å². The highest BCUT2D eigenvalue weighted by Gasteiger charge is 2.20. The van der Waals surface area contributed by atoms with Crippen LogP contribution in [0.25, 0.3) is 0 Å². The van der Waals surface area contributed by atoms with Gasteiger partial charge in [-0.1, -0.05) is 6.07 Å². The van der Waals surface area contributed by atoms with Gasteiger partial charge in [0.05, 0.1) is 19.8 Å². The Morgan fingerprint density at radius 2 is 1.95 bits per heavy atom. The van der Waals surface area contributed by atoms with Crippen LogP contribution in [0.2, 0.25) is 0 Å². The lowest BCUT2D eigenvalue weighted by Gasteiger charge is -2.15. The lowest BCUT2D eigenvalue weighted by atomic mass is 10.2. The molecule has 1 atom stereocenters. The largest absolute Gasteiger partial charge is 0.467 e. The van der Waals surface area contributed by atoms with E-state index >= 15 is 0 Å². The van der Waals surface area contributed by atoms with Crippen molar-refractivity contribution in [2.24, 2.45) is 0 Å². The first-order valence-electron chi connectivity index (χ1n) is 6.14. The molecular weight excluding hydrogens is 294 g/mol. The maximum atomic E-state index is 11.6. The van der Waals surface area contributed by atoms with E-state index < -0.39 is 18.0 Å². The van der Waals surface area contributed by atoms with Gasteiger partial charge < -0.3 is 14.8 Å². The van der Waals surface area contributed by atoms with E-state index in [2.05, 4.69) is 14.8 Å². The van der Waals surface area contributed by atoms with Crippen molar-refractivity contribution in [3.05, 3.63) is 29.8 Å². The highest BCUT2D eigenvalue weighted by Crippen LogP contribution is 2.20. The van der Waals surface area contributed by atoms with Gasteiger partial charge in [-0.2, -0.15) is 0 Å². The SMILES string of the molecule is COC(=O)c1cccc(SC[C@H](NC(C)=O)C(=O)OC)c1. The fraction of sp³-hybridized carbons (Fsp3) is 0.357. The van der Waals surface area contributed by atoms with Crippen molar-refractivity contribution in [2.75, 3.05) is 20.0 Å². The Morgan fingerprint density at radius 1 is 1.24 bits per heavy atom. The molecule has 7 heteroatoms. The lowest BCUT2D eigenvalue weighted by Crippen LogP contribution is -2.42. The highest BCUT2D eigenvalue weighted by atomic mass is 32.2. The van der Waals surface area contributed by atoms with Crippen LogP contribution < -0.4 is 5.32 Å². The molecule has 0 aliphatic heterocycles. The molecule has 1 N–H and O–H groups in total. The molecule has 0 unspecified atom stereocenters. The predicted molar refractivity (Wildman–Crippen MR) is 78.1 cm³/mol. The number of amides is 1. The molecule has 21 heavy (non-hydrogen) atoms. The molecule has 0 aliphatic rings. The van der Waals surface area contributed by atoms with E-state index in [1.54, 1.807) is 24.3 Å². The summed E-state index contributed by atoms with van der Waals surface area (Å²) in [4.78, 5) is 34.9. The Morgan fingerprint density at radius 3 is 2.52 bits per heavy atom. The van der Waals surface area contributed by atoms with Crippen LogP contribution in [-0.4, -0.2) is 43.9 Å². The molecule has 0 fully saturated rings. The first kappa shape index (κ1) is 17.0. The zero-order valence-corrected chi connectivity index (χ0v) is 12.9. The Labute approximate surface area is 127 Å². The fourth-order valence-corrected chi connectivity index (χ4v) is 2.53. The molecule has 0 aliphatic carbocycles. The van der Waals surface area contributed by atoms with E-state index in [9.17, 15) is 14.4 Å². The molecule has 0 spiro atoms. The van der Waals surface area contributed by atoms with Gasteiger partial charge in [0.15, 0.2) is 0 Å². The van der Waals surface area contributed by atoms with E-state index in [0.29, 0.717) is 11.3 Å². The molecule has 114 valence electrons. The number of esters is 2. The van der Waals surface area contributed by atoms with Gasteiger partial charge in [0, 0.05) is 17.6 Å². The van der Waals surface area contributed by atoms with Crippen LogP contribution >= 0.6 is 11.8 Å². The first-order valence-corrected chi connectivity index (χ1v) is 7.12. The summed E-state index contributed by atoms with van der Waals surface area (Å²) < 4.78 is 9.29. The van der Waals surface area contributed by atoms with Gasteiger partial charge in [0.2, 0.25) is 5.91 Å². The van der Waals surface area contributed by atoms with Crippen molar-refractivity contribution in [1.29, 1.82) is 0 Å². The van der Waals surface area contributed by atoms with Crippen LogP contribution in [0.5, 0.6) is 0 Å². The van der Waals surface area contributed by atoms with Crippen molar-refractivity contribution in [1.82, 2.24) is 5.32 Å². The average Bonchev–Trinajstić information content (AvgIpc) is 2.49. The zero-order valence-electron chi connectivity index (χ0n) is 12.0. The summed E-state index contributed by atoms with van der Waals surface area (Å²) in [5, 5.41) is 2.52. The maximum absolute atomic E-state index is 11.6. The second kappa shape index (κ2) is 8.31. The Balaban J connectivity index is 2.73. The number of nitrogens with one attached hydrogen (secondary N) is 1. The van der Waals surface area contributed by atoms with E-state index in [0.717, 1.165) is 4.90 Å². The summed E-state index contributed by atoms with van der Waals surface area (Å²) in [6, 6.07) is 6.10. The third-order valence-electron chi connectivity index (χ3n) is 2.53. The summed E-state index contributed by atoms with van der Waals surface area (Å²) in [6.45, 7) is 1.33. The number of benzene rings is 1. The number of ether oxygens (including phenoxy) is 2. The number of carbonyl (C=O) groups excluding carboxylic acids is 3. The number of carbonyl (C=O) groups is 3. The maximum Gasteiger partial charge on any atom is 0.337 e. The molecule has 0 saturated heterocycles. The second-order valence-electron chi connectivity index (χ2n) is 4.11. The Bertz CT molecular complexity index is 532. The van der Waals surface area contributed by atoms with Crippen LogP contribution in [0, 0.1) is 0 Å². The smallest absolute Gasteiger partial charge is 0.337 e. The summed E-state index contributed by atoms with van der Waals surface area (Å²) in [5.74, 6) is -0.948. The van der Waals surface area contributed by atoms with Crippen molar-refractivity contribution < 1.29 is 23.9 Å². The van der Waals surface area contributed by atoms with Crippen LogP contribution in [0.1, 0.15) is 17.3 Å². The minimum atomic E-state index is -0.737. The minimum Gasteiger partial charge on any atom is -0.467 e. The van der Waals surface area contributed by atoms with Gasteiger partial charge in [-0.05, 0) is 18.2 Å². The molecule has 0 radical (unpaired) electrons. The van der Waals surface area contributed by atoms with Gasteiger partial charge in [-0.3, -0.25) is 4.79 Å². The molecule has 1 rings (SSSR count). The fourth-order valence-electron chi connectivity index (χ4n) is 1.57. The quantitative estimate of drug-likeness (QED) is 0.629. The van der Waals surface area contributed by atoms with Crippen LogP contribution in [0.4, 0.5) is 0 Å². The molecule has 6 nitrogen and oxygen atoms in total. The molecule has 0 saturated carbocycles. The van der Waals surface area contributed by atoms with Gasteiger partial charge in [-0.15, -0.1) is 11.8 Å². The summed E-state index contributed by atoms with van der Waals surface area (Å²) >= 11 is 1.33. The van der Waals surface area contributed by atoms with Crippen LogP contribution in [0.15, 0.2) is 29.2 Å². The molecule has 1 aromatic rings.